The third-order valence-corrected chi connectivity index (χ3v) is 8.94. The SMILES string of the molecule is COC(=O)c1ccc([C@@H]2CC(C3CCCC3)CCN2Cc2c(OC)cc(C)c3c2ccn3C(=O)OC(C)(C)C)cc1. The van der Waals surface area contributed by atoms with Crippen molar-refractivity contribution in [2.75, 3.05) is 20.8 Å². The molecule has 1 aromatic heterocycles. The first-order chi connectivity index (χ1) is 19.6. The summed E-state index contributed by atoms with van der Waals surface area (Å²) in [5.41, 5.74) is 4.09. The number of ether oxygens (including phenoxy) is 3. The fourth-order valence-corrected chi connectivity index (χ4v) is 6.97. The van der Waals surface area contributed by atoms with Crippen molar-refractivity contribution < 1.29 is 23.8 Å². The van der Waals surface area contributed by atoms with E-state index < -0.39 is 5.60 Å². The molecule has 2 heterocycles. The smallest absolute Gasteiger partial charge is 0.419 e. The van der Waals surface area contributed by atoms with Crippen LogP contribution in [0.3, 0.4) is 0 Å². The van der Waals surface area contributed by atoms with Gasteiger partial charge < -0.3 is 14.2 Å². The first-order valence-electron chi connectivity index (χ1n) is 14.9. The minimum Gasteiger partial charge on any atom is -0.496 e. The van der Waals surface area contributed by atoms with E-state index in [1.165, 1.54) is 44.8 Å². The molecule has 1 saturated carbocycles. The number of hydrogen-bond acceptors (Lipinski definition) is 6. The first-order valence-corrected chi connectivity index (χ1v) is 14.9. The molecule has 1 aliphatic heterocycles. The Labute approximate surface area is 243 Å². The van der Waals surface area contributed by atoms with Crippen LogP contribution in [0.5, 0.6) is 5.75 Å². The van der Waals surface area contributed by atoms with Crippen molar-refractivity contribution in [3.8, 4) is 5.75 Å². The van der Waals surface area contributed by atoms with Crippen molar-refractivity contribution in [3.63, 3.8) is 0 Å². The Bertz CT molecular complexity index is 1400. The van der Waals surface area contributed by atoms with E-state index in [4.69, 9.17) is 14.2 Å². The number of likely N-dealkylation sites (tertiary alicyclic amines) is 1. The fraction of sp³-hybridized carbons (Fsp3) is 0.529. The van der Waals surface area contributed by atoms with Crippen LogP contribution in [0.4, 0.5) is 4.79 Å². The van der Waals surface area contributed by atoms with E-state index in [2.05, 4.69) is 17.0 Å². The number of carbonyl (C=O) groups excluding carboxylic acids is 2. The van der Waals surface area contributed by atoms with Gasteiger partial charge in [-0.25, -0.2) is 9.59 Å². The zero-order valence-corrected chi connectivity index (χ0v) is 25.4. The Kier molecular flexibility index (Phi) is 8.46. The normalized spacial score (nSPS) is 20.3. The maximum absolute atomic E-state index is 13.1. The lowest BCUT2D eigenvalue weighted by Crippen LogP contribution is -2.38. The van der Waals surface area contributed by atoms with Gasteiger partial charge in [0.1, 0.15) is 11.4 Å². The molecule has 2 aliphatic rings. The van der Waals surface area contributed by atoms with E-state index in [9.17, 15) is 9.59 Å². The molecule has 0 bridgehead atoms. The molecule has 2 aromatic carbocycles. The van der Waals surface area contributed by atoms with Crippen LogP contribution < -0.4 is 4.74 Å². The third kappa shape index (κ3) is 6.15. The molecule has 220 valence electrons. The van der Waals surface area contributed by atoms with Crippen LogP contribution in [0, 0.1) is 18.8 Å². The Morgan fingerprint density at radius 1 is 0.976 bits per heavy atom. The maximum Gasteiger partial charge on any atom is 0.419 e. The van der Waals surface area contributed by atoms with E-state index in [-0.39, 0.29) is 18.1 Å². The summed E-state index contributed by atoms with van der Waals surface area (Å²) in [6, 6.07) is 12.2. The van der Waals surface area contributed by atoms with Crippen molar-refractivity contribution in [1.29, 1.82) is 0 Å². The molecule has 3 aromatic rings. The molecule has 0 N–H and O–H groups in total. The minimum absolute atomic E-state index is 0.218. The standard InChI is InChI=1S/C34H44N2O5/c1-22-19-30(39-5)28(27-16-18-36(31(22)27)33(38)41-34(2,3)4)21-35-17-15-26(23-9-7-8-10-23)20-29(35)24-11-13-25(14-12-24)32(37)40-6/h11-14,16,18-19,23,26,29H,7-10,15,17,20-21H2,1-6H3/t26?,29-/m0/s1. The monoisotopic (exact) mass is 560 g/mol. The van der Waals surface area contributed by atoms with Crippen LogP contribution in [0.1, 0.15) is 92.4 Å². The van der Waals surface area contributed by atoms with Gasteiger partial charge in [0, 0.05) is 29.7 Å². The van der Waals surface area contributed by atoms with Crippen LogP contribution in [0.2, 0.25) is 0 Å². The Morgan fingerprint density at radius 3 is 2.32 bits per heavy atom. The Morgan fingerprint density at radius 2 is 1.68 bits per heavy atom. The number of aryl methyl sites for hydroxylation is 1. The number of esters is 1. The highest BCUT2D eigenvalue weighted by molar-refractivity contribution is 5.95. The number of methoxy groups -OCH3 is 2. The zero-order valence-electron chi connectivity index (χ0n) is 25.4. The number of rotatable bonds is 6. The number of fused-ring (bicyclic) bond motifs is 1. The molecule has 5 rings (SSSR count). The number of benzene rings is 2. The number of nitrogens with zero attached hydrogens (tertiary/aromatic N) is 2. The highest BCUT2D eigenvalue weighted by atomic mass is 16.6. The maximum atomic E-state index is 13.1. The molecule has 0 spiro atoms. The number of aromatic nitrogens is 1. The van der Waals surface area contributed by atoms with Crippen LogP contribution in [-0.4, -0.2) is 47.9 Å². The van der Waals surface area contributed by atoms with Crippen LogP contribution >= 0.6 is 0 Å². The van der Waals surface area contributed by atoms with Gasteiger partial charge in [-0.3, -0.25) is 9.47 Å². The number of hydrogen-bond donors (Lipinski definition) is 0. The van der Waals surface area contributed by atoms with Gasteiger partial charge in [-0.1, -0.05) is 37.8 Å². The fourth-order valence-electron chi connectivity index (χ4n) is 6.97. The van der Waals surface area contributed by atoms with Gasteiger partial charge >= 0.3 is 12.1 Å². The van der Waals surface area contributed by atoms with Gasteiger partial charge in [0.05, 0.1) is 25.3 Å². The van der Waals surface area contributed by atoms with Crippen LogP contribution in [-0.2, 0) is 16.0 Å². The van der Waals surface area contributed by atoms with Crippen molar-refractivity contribution in [2.45, 2.75) is 84.4 Å². The summed E-state index contributed by atoms with van der Waals surface area (Å²) >= 11 is 0. The summed E-state index contributed by atoms with van der Waals surface area (Å²) in [4.78, 5) is 27.8. The molecule has 41 heavy (non-hydrogen) atoms. The summed E-state index contributed by atoms with van der Waals surface area (Å²) in [5.74, 6) is 2.02. The van der Waals surface area contributed by atoms with Gasteiger partial charge in [-0.05, 0) is 94.3 Å². The Balaban J connectivity index is 1.51. The summed E-state index contributed by atoms with van der Waals surface area (Å²) in [6.45, 7) is 9.32. The summed E-state index contributed by atoms with van der Waals surface area (Å²) in [5, 5.41) is 1.01. The molecule has 2 atom stereocenters. The molecule has 7 nitrogen and oxygen atoms in total. The second-order valence-corrected chi connectivity index (χ2v) is 12.7. The average molecular weight is 561 g/mol. The summed E-state index contributed by atoms with van der Waals surface area (Å²) < 4.78 is 18.2. The molecule has 2 fully saturated rings. The van der Waals surface area contributed by atoms with Crippen molar-refractivity contribution in [2.24, 2.45) is 11.8 Å². The van der Waals surface area contributed by atoms with E-state index in [0.29, 0.717) is 18.0 Å². The van der Waals surface area contributed by atoms with Gasteiger partial charge in [0.15, 0.2) is 0 Å². The number of carbonyl (C=O) groups is 2. The van der Waals surface area contributed by atoms with Crippen molar-refractivity contribution >= 4 is 23.0 Å². The quantitative estimate of drug-likeness (QED) is 0.288. The predicted octanol–water partition coefficient (Wildman–Crippen LogP) is 7.67. The third-order valence-electron chi connectivity index (χ3n) is 8.94. The van der Waals surface area contributed by atoms with E-state index in [1.54, 1.807) is 11.7 Å². The average Bonchev–Trinajstić information content (AvgIpc) is 3.65. The second kappa shape index (κ2) is 11.9. The largest absolute Gasteiger partial charge is 0.496 e. The molecule has 0 amide bonds. The molecule has 1 unspecified atom stereocenters. The predicted molar refractivity (Wildman–Crippen MR) is 160 cm³/mol. The molecular weight excluding hydrogens is 516 g/mol. The lowest BCUT2D eigenvalue weighted by molar-refractivity contribution is 0.0542. The minimum atomic E-state index is -0.586. The molecule has 1 aliphatic carbocycles. The van der Waals surface area contributed by atoms with Gasteiger partial charge in [0.25, 0.3) is 0 Å². The highest BCUT2D eigenvalue weighted by Crippen LogP contribution is 2.44. The lowest BCUT2D eigenvalue weighted by Gasteiger charge is -2.42. The molecular formula is C34H44N2O5. The van der Waals surface area contributed by atoms with Crippen LogP contribution in [0.15, 0.2) is 42.6 Å². The zero-order chi connectivity index (χ0) is 29.3. The molecule has 7 heteroatoms. The molecule has 1 saturated heterocycles. The Hall–Kier alpha value is -3.32. The van der Waals surface area contributed by atoms with E-state index in [1.807, 2.05) is 58.2 Å². The van der Waals surface area contributed by atoms with Crippen molar-refractivity contribution in [1.82, 2.24) is 9.47 Å². The van der Waals surface area contributed by atoms with E-state index in [0.717, 1.165) is 46.7 Å². The van der Waals surface area contributed by atoms with Gasteiger partial charge in [-0.15, -0.1) is 0 Å². The summed E-state index contributed by atoms with van der Waals surface area (Å²) in [7, 11) is 3.13. The molecule has 0 radical (unpaired) electrons. The van der Waals surface area contributed by atoms with E-state index >= 15 is 0 Å². The summed E-state index contributed by atoms with van der Waals surface area (Å²) in [6.07, 6.45) is 9.06. The van der Waals surface area contributed by atoms with Gasteiger partial charge in [-0.2, -0.15) is 0 Å². The highest BCUT2D eigenvalue weighted by Gasteiger charge is 2.35. The second-order valence-electron chi connectivity index (χ2n) is 12.7. The van der Waals surface area contributed by atoms with Crippen molar-refractivity contribution in [3.05, 3.63) is 64.8 Å². The van der Waals surface area contributed by atoms with Gasteiger partial charge in [0.2, 0.25) is 0 Å². The first kappa shape index (κ1) is 29.2. The topological polar surface area (TPSA) is 70.0 Å². The van der Waals surface area contributed by atoms with Crippen LogP contribution in [0.25, 0.3) is 10.9 Å². The number of piperidine rings is 1. The lowest BCUT2D eigenvalue weighted by atomic mass is 9.78.